The third-order valence-corrected chi connectivity index (χ3v) is 5.06. The summed E-state index contributed by atoms with van der Waals surface area (Å²) in [5, 5.41) is 9.00. The van der Waals surface area contributed by atoms with Gasteiger partial charge in [0.2, 0.25) is 0 Å². The van der Waals surface area contributed by atoms with E-state index in [-0.39, 0.29) is 11.1 Å². The second kappa shape index (κ2) is 9.69. The van der Waals surface area contributed by atoms with Crippen molar-refractivity contribution < 1.29 is 38.1 Å². The Morgan fingerprint density at radius 2 is 0.784 bits per heavy atom. The zero-order valence-corrected chi connectivity index (χ0v) is 20.5. The van der Waals surface area contributed by atoms with Gasteiger partial charge in [-0.1, -0.05) is 0 Å². The molecule has 2 aliphatic rings. The van der Waals surface area contributed by atoms with Crippen LogP contribution in [0.15, 0.2) is 72.1 Å². The lowest BCUT2D eigenvalue weighted by Gasteiger charge is -2.29. The molecule has 2 aromatic carbocycles. The highest BCUT2D eigenvalue weighted by Crippen LogP contribution is 2.25. The number of anilines is 4. The van der Waals surface area contributed by atoms with E-state index in [0.29, 0.717) is 11.4 Å². The molecular formula is C26H25N3O8. The predicted molar refractivity (Wildman–Crippen MR) is 132 cm³/mol. The molecule has 0 radical (unpaired) electrons. The van der Waals surface area contributed by atoms with Gasteiger partial charge in [0, 0.05) is 62.8 Å². The van der Waals surface area contributed by atoms with Crippen LogP contribution in [0.4, 0.5) is 22.7 Å². The highest BCUT2D eigenvalue weighted by atomic mass is 16.7. The van der Waals surface area contributed by atoms with Crippen LogP contribution < -0.4 is 16.0 Å². The van der Waals surface area contributed by atoms with E-state index in [4.69, 9.17) is 18.9 Å². The Balaban J connectivity index is 1.33. The van der Waals surface area contributed by atoms with Crippen molar-refractivity contribution in [3.05, 3.63) is 72.1 Å². The van der Waals surface area contributed by atoms with Crippen molar-refractivity contribution in [2.75, 3.05) is 16.0 Å². The van der Waals surface area contributed by atoms with Gasteiger partial charge < -0.3 is 34.9 Å². The van der Waals surface area contributed by atoms with Gasteiger partial charge in [0.15, 0.2) is 11.1 Å². The van der Waals surface area contributed by atoms with E-state index >= 15 is 0 Å². The van der Waals surface area contributed by atoms with E-state index in [0.717, 1.165) is 11.4 Å². The fourth-order valence-corrected chi connectivity index (χ4v) is 3.33. The molecule has 0 amide bonds. The number of carbonyl (C=O) groups excluding carboxylic acids is 4. The Bertz CT molecular complexity index is 1160. The molecule has 11 heteroatoms. The average molecular weight is 507 g/mol. The molecule has 0 unspecified atom stereocenters. The summed E-state index contributed by atoms with van der Waals surface area (Å²) >= 11 is 0. The molecule has 0 aromatic heterocycles. The highest BCUT2D eigenvalue weighted by Gasteiger charge is 2.39. The topological polar surface area (TPSA) is 141 Å². The van der Waals surface area contributed by atoms with Crippen molar-refractivity contribution >= 4 is 46.6 Å². The Kier molecular flexibility index (Phi) is 6.62. The molecule has 37 heavy (non-hydrogen) atoms. The van der Waals surface area contributed by atoms with E-state index in [1.807, 2.05) is 0 Å². The van der Waals surface area contributed by atoms with E-state index < -0.39 is 35.5 Å². The third-order valence-electron chi connectivity index (χ3n) is 5.06. The van der Waals surface area contributed by atoms with Gasteiger partial charge in [0.25, 0.3) is 11.6 Å². The molecular weight excluding hydrogens is 482 g/mol. The maximum Gasteiger partial charge on any atom is 0.350 e. The molecule has 192 valence electrons. The Hall–Kier alpha value is -4.80. The smallest absolute Gasteiger partial charge is 0.350 e. The zero-order valence-electron chi connectivity index (χ0n) is 20.5. The largest absolute Gasteiger partial charge is 0.419 e. The van der Waals surface area contributed by atoms with E-state index in [1.54, 1.807) is 48.5 Å². The number of carbonyl (C=O) groups is 4. The van der Waals surface area contributed by atoms with Gasteiger partial charge in [-0.2, -0.15) is 0 Å². The summed E-state index contributed by atoms with van der Waals surface area (Å²) < 4.78 is 20.2. The molecule has 2 fully saturated rings. The average Bonchev–Trinajstić information content (AvgIpc) is 2.78. The fourth-order valence-electron chi connectivity index (χ4n) is 3.33. The summed E-state index contributed by atoms with van der Waals surface area (Å²) in [6.07, 6.45) is 2.49. The van der Waals surface area contributed by atoms with Gasteiger partial charge in [-0.25, -0.2) is 19.2 Å². The Labute approximate surface area is 212 Å². The highest BCUT2D eigenvalue weighted by molar-refractivity contribution is 6.16. The molecule has 0 saturated carbocycles. The van der Waals surface area contributed by atoms with Crippen molar-refractivity contribution in [2.45, 2.75) is 39.3 Å². The van der Waals surface area contributed by atoms with Crippen molar-refractivity contribution in [1.29, 1.82) is 0 Å². The van der Waals surface area contributed by atoms with Crippen LogP contribution in [0.25, 0.3) is 0 Å². The summed E-state index contributed by atoms with van der Waals surface area (Å²) in [6, 6.07) is 14.3. The minimum Gasteiger partial charge on any atom is -0.419 e. The minimum atomic E-state index is -1.29. The van der Waals surface area contributed by atoms with E-state index in [9.17, 15) is 19.2 Å². The number of cyclic esters (lactones) is 4. The summed E-state index contributed by atoms with van der Waals surface area (Å²) in [5.41, 5.74) is 2.39. The molecule has 11 nitrogen and oxygen atoms in total. The molecule has 2 aromatic rings. The Morgan fingerprint density at radius 3 is 1.08 bits per heavy atom. The lowest BCUT2D eigenvalue weighted by Crippen LogP contribution is -2.42. The molecule has 2 saturated heterocycles. The van der Waals surface area contributed by atoms with Crippen molar-refractivity contribution in [2.24, 2.45) is 0 Å². The summed E-state index contributed by atoms with van der Waals surface area (Å²) in [5.74, 6) is -5.63. The predicted octanol–water partition coefficient (Wildman–Crippen LogP) is 3.69. The second-order valence-electron chi connectivity index (χ2n) is 9.04. The number of hydrogen-bond acceptors (Lipinski definition) is 11. The van der Waals surface area contributed by atoms with E-state index in [1.165, 1.54) is 40.1 Å². The van der Waals surface area contributed by atoms with Gasteiger partial charge in [-0.05, 0) is 48.5 Å². The number of rotatable bonds is 6. The standard InChI is InChI=1S/C26H25N3O8/c1-25(2)34-21(30)19(22(31)35-25)13-27-15-5-9-17(10-6-15)29-18-11-7-16(8-12-18)28-14-20-23(32)36-26(3,4)37-24(20)33/h5-14,27-29H,1-4H3. The molecule has 0 spiro atoms. The molecule has 2 aliphatic heterocycles. The van der Waals surface area contributed by atoms with Crippen molar-refractivity contribution in [3.8, 4) is 0 Å². The third kappa shape index (κ3) is 6.26. The molecule has 3 N–H and O–H groups in total. The number of benzene rings is 2. The van der Waals surface area contributed by atoms with E-state index in [2.05, 4.69) is 16.0 Å². The monoisotopic (exact) mass is 507 g/mol. The maximum atomic E-state index is 12.0. The molecule has 2 heterocycles. The number of esters is 4. The molecule has 0 bridgehead atoms. The van der Waals surface area contributed by atoms with Crippen LogP contribution in [0, 0.1) is 0 Å². The van der Waals surface area contributed by atoms with Gasteiger partial charge in [0.1, 0.15) is 0 Å². The first-order valence-electron chi connectivity index (χ1n) is 11.2. The van der Waals surface area contributed by atoms with Crippen LogP contribution in [-0.2, 0) is 38.1 Å². The minimum absolute atomic E-state index is 0.230. The number of ether oxygens (including phenoxy) is 4. The van der Waals surface area contributed by atoms with Crippen molar-refractivity contribution in [1.82, 2.24) is 0 Å². The fraction of sp³-hybridized carbons (Fsp3) is 0.231. The van der Waals surface area contributed by atoms with Gasteiger partial charge >= 0.3 is 23.9 Å². The normalized spacial score (nSPS) is 18.1. The van der Waals surface area contributed by atoms with Crippen LogP contribution in [-0.4, -0.2) is 35.5 Å². The van der Waals surface area contributed by atoms with Gasteiger partial charge in [-0.15, -0.1) is 0 Å². The molecule has 0 atom stereocenters. The van der Waals surface area contributed by atoms with Crippen LogP contribution in [0.1, 0.15) is 27.7 Å². The van der Waals surface area contributed by atoms with Crippen LogP contribution in [0.2, 0.25) is 0 Å². The maximum absolute atomic E-state index is 12.0. The van der Waals surface area contributed by atoms with Gasteiger partial charge in [0.05, 0.1) is 0 Å². The zero-order chi connectivity index (χ0) is 26.8. The number of nitrogens with one attached hydrogen (secondary N) is 3. The van der Waals surface area contributed by atoms with Crippen LogP contribution in [0.3, 0.4) is 0 Å². The van der Waals surface area contributed by atoms with Crippen LogP contribution in [0.5, 0.6) is 0 Å². The summed E-state index contributed by atoms with van der Waals surface area (Å²) in [4.78, 5) is 48.0. The summed E-state index contributed by atoms with van der Waals surface area (Å²) in [7, 11) is 0. The van der Waals surface area contributed by atoms with Gasteiger partial charge in [-0.3, -0.25) is 0 Å². The SMILES string of the molecule is CC1(C)OC(=O)C(=CNc2ccc(Nc3ccc(NC=C4C(=O)OC(C)(C)OC4=O)cc3)cc2)C(=O)O1. The molecule has 4 rings (SSSR count). The number of hydrogen-bond donors (Lipinski definition) is 3. The quantitative estimate of drug-likeness (QED) is 0.299. The lowest BCUT2D eigenvalue weighted by molar-refractivity contribution is -0.224. The first kappa shape index (κ1) is 25.3. The Morgan fingerprint density at radius 1 is 0.514 bits per heavy atom. The first-order chi connectivity index (χ1) is 17.4. The molecule has 0 aliphatic carbocycles. The summed E-state index contributed by atoms with van der Waals surface area (Å²) in [6.45, 7) is 5.92. The first-order valence-corrected chi connectivity index (χ1v) is 11.2. The van der Waals surface area contributed by atoms with Crippen molar-refractivity contribution in [3.63, 3.8) is 0 Å². The van der Waals surface area contributed by atoms with Crippen LogP contribution >= 0.6 is 0 Å². The lowest BCUT2D eigenvalue weighted by atomic mass is 10.2. The second-order valence-corrected chi connectivity index (χ2v) is 9.04.